The Balaban J connectivity index is 1.72. The van der Waals surface area contributed by atoms with Gasteiger partial charge in [0.2, 0.25) is 5.91 Å². The van der Waals surface area contributed by atoms with Crippen molar-refractivity contribution in [3.8, 4) is 17.0 Å². The van der Waals surface area contributed by atoms with Crippen molar-refractivity contribution in [2.24, 2.45) is 5.73 Å². The first-order valence-corrected chi connectivity index (χ1v) is 10.4. The molecule has 0 bridgehead atoms. The van der Waals surface area contributed by atoms with Crippen LogP contribution < -0.4 is 15.4 Å². The number of nitrogens with one attached hydrogen (secondary N) is 1. The fourth-order valence-electron chi connectivity index (χ4n) is 3.84. The maximum absolute atomic E-state index is 13.7. The first-order valence-electron chi connectivity index (χ1n) is 10.4. The molecule has 0 aliphatic rings. The van der Waals surface area contributed by atoms with Gasteiger partial charge in [0.25, 0.3) is 0 Å². The van der Waals surface area contributed by atoms with Gasteiger partial charge in [-0.3, -0.25) is 9.59 Å². The number of nitrogens with zero attached hydrogens (tertiary/aromatic N) is 1. The predicted octanol–water partition coefficient (Wildman–Crippen LogP) is 4.41. The minimum absolute atomic E-state index is 0.0402. The summed E-state index contributed by atoms with van der Waals surface area (Å²) < 4.78 is 5.24. The number of carbonyl (C=O) groups is 2. The molecule has 0 fully saturated rings. The number of rotatable bonds is 9. The number of para-hydroxylation sites is 1. The lowest BCUT2D eigenvalue weighted by Crippen LogP contribution is -2.33. The van der Waals surface area contributed by atoms with Crippen LogP contribution in [0.1, 0.15) is 16.8 Å². The Morgan fingerprint density at radius 2 is 1.62 bits per heavy atom. The highest BCUT2D eigenvalue weighted by Crippen LogP contribution is 2.31. The van der Waals surface area contributed by atoms with Gasteiger partial charge in [-0.1, -0.05) is 48.5 Å². The average molecular weight is 428 g/mol. The number of ketones is 1. The van der Waals surface area contributed by atoms with Crippen molar-refractivity contribution < 1.29 is 14.3 Å². The summed E-state index contributed by atoms with van der Waals surface area (Å²) in [5.41, 5.74) is 9.50. The molecule has 0 atom stereocenters. The number of methoxy groups -OCH3 is 1. The van der Waals surface area contributed by atoms with E-state index in [1.807, 2.05) is 83.8 Å². The quantitative estimate of drug-likeness (QED) is 0.387. The summed E-state index contributed by atoms with van der Waals surface area (Å²) in [6.45, 7) is 0.456. The van der Waals surface area contributed by atoms with Crippen LogP contribution in [0.25, 0.3) is 22.2 Å². The van der Waals surface area contributed by atoms with Gasteiger partial charge in [-0.25, -0.2) is 0 Å². The largest absolute Gasteiger partial charge is 0.497 e. The molecule has 3 aromatic carbocycles. The minimum Gasteiger partial charge on any atom is -0.497 e. The fraction of sp³-hybridized carbons (Fsp3) is 0.154. The first kappa shape index (κ1) is 21.2. The van der Waals surface area contributed by atoms with Gasteiger partial charge >= 0.3 is 0 Å². The highest BCUT2D eigenvalue weighted by Gasteiger charge is 2.22. The number of carbonyl (C=O) groups excluding carboxylic acids is 2. The van der Waals surface area contributed by atoms with E-state index in [0.29, 0.717) is 12.1 Å². The molecule has 4 rings (SSSR count). The zero-order valence-corrected chi connectivity index (χ0v) is 17.9. The minimum atomic E-state index is -0.409. The average Bonchev–Trinajstić information content (AvgIpc) is 3.22. The molecule has 0 aliphatic heterocycles. The van der Waals surface area contributed by atoms with Gasteiger partial charge in [0, 0.05) is 29.6 Å². The van der Waals surface area contributed by atoms with Gasteiger partial charge in [0.1, 0.15) is 5.75 Å². The monoisotopic (exact) mass is 427 g/mol. The van der Waals surface area contributed by atoms with Crippen molar-refractivity contribution in [1.29, 1.82) is 0 Å². The Kier molecular flexibility index (Phi) is 6.22. The molecule has 3 N–H and O–H groups in total. The molecule has 4 aromatic rings. The Morgan fingerprint density at radius 3 is 2.31 bits per heavy atom. The summed E-state index contributed by atoms with van der Waals surface area (Å²) in [6, 6.07) is 25.0. The van der Waals surface area contributed by atoms with E-state index in [1.54, 1.807) is 7.11 Å². The number of hydrogen-bond acceptors (Lipinski definition) is 4. The summed E-state index contributed by atoms with van der Waals surface area (Å²) in [4.78, 5) is 30.4. The second-order valence-corrected chi connectivity index (χ2v) is 7.55. The fourth-order valence-corrected chi connectivity index (χ4v) is 3.84. The first-order chi connectivity index (χ1) is 15.6. The number of nitrogens with two attached hydrogens (primary N) is 1. The summed E-state index contributed by atoms with van der Waals surface area (Å²) in [5.74, 6) is 0.271. The lowest BCUT2D eigenvalue weighted by Gasteiger charge is -2.24. The zero-order valence-electron chi connectivity index (χ0n) is 17.9. The van der Waals surface area contributed by atoms with Gasteiger partial charge in [-0.2, -0.15) is 0 Å². The van der Waals surface area contributed by atoms with Gasteiger partial charge in [-0.15, -0.1) is 0 Å². The number of aromatic amines is 1. The van der Waals surface area contributed by atoms with E-state index in [2.05, 4.69) is 4.98 Å². The van der Waals surface area contributed by atoms with Crippen molar-refractivity contribution in [3.05, 3.63) is 84.4 Å². The molecule has 0 saturated heterocycles. The third-order valence-electron chi connectivity index (χ3n) is 5.45. The normalized spacial score (nSPS) is 10.8. The standard InChI is InChI=1S/C26H25N3O3/c1-32-20-13-11-19(12-14-20)29(16-15-24(27)31)17-23(30)25-21-9-5-6-10-22(21)28-26(25)18-7-3-2-4-8-18/h2-14,28H,15-17H2,1H3,(H2,27,31). The highest BCUT2D eigenvalue weighted by atomic mass is 16.5. The number of fused-ring (bicyclic) bond motifs is 1. The van der Waals surface area contributed by atoms with E-state index >= 15 is 0 Å². The van der Waals surface area contributed by atoms with Gasteiger partial charge in [0.15, 0.2) is 5.78 Å². The SMILES string of the molecule is COc1ccc(N(CCC(N)=O)CC(=O)c2c(-c3ccccc3)[nH]c3ccccc23)cc1. The Labute approximate surface area is 186 Å². The second kappa shape index (κ2) is 9.39. The predicted molar refractivity (Wildman–Crippen MR) is 127 cm³/mol. The van der Waals surface area contributed by atoms with Crippen LogP contribution in [0, 0.1) is 0 Å². The van der Waals surface area contributed by atoms with Crippen molar-refractivity contribution in [2.45, 2.75) is 6.42 Å². The van der Waals surface area contributed by atoms with Crippen LogP contribution in [0.2, 0.25) is 0 Å². The van der Waals surface area contributed by atoms with Crippen LogP contribution >= 0.6 is 0 Å². The number of hydrogen-bond donors (Lipinski definition) is 2. The molecule has 1 amide bonds. The van der Waals surface area contributed by atoms with Crippen LogP contribution in [0.5, 0.6) is 5.75 Å². The molecule has 6 heteroatoms. The van der Waals surface area contributed by atoms with E-state index < -0.39 is 5.91 Å². The summed E-state index contributed by atoms with van der Waals surface area (Å²) in [5, 5.41) is 0.876. The summed E-state index contributed by atoms with van der Waals surface area (Å²) in [6.07, 6.45) is 0.152. The second-order valence-electron chi connectivity index (χ2n) is 7.55. The van der Waals surface area contributed by atoms with Gasteiger partial charge in [-0.05, 0) is 35.9 Å². The number of primary amides is 1. The Morgan fingerprint density at radius 1 is 0.938 bits per heavy atom. The number of benzene rings is 3. The Bertz CT molecular complexity index is 1230. The number of amides is 1. The van der Waals surface area contributed by atoms with E-state index in [-0.39, 0.29) is 18.7 Å². The lowest BCUT2D eigenvalue weighted by atomic mass is 10.0. The van der Waals surface area contributed by atoms with E-state index in [1.165, 1.54) is 0 Å². The van der Waals surface area contributed by atoms with Crippen LogP contribution in [-0.4, -0.2) is 36.9 Å². The molecule has 0 saturated carbocycles. The topological polar surface area (TPSA) is 88.4 Å². The van der Waals surface area contributed by atoms with Crippen LogP contribution in [0.4, 0.5) is 5.69 Å². The van der Waals surface area contributed by atoms with Gasteiger partial charge < -0.3 is 20.4 Å². The van der Waals surface area contributed by atoms with Crippen molar-refractivity contribution in [3.63, 3.8) is 0 Å². The molecule has 6 nitrogen and oxygen atoms in total. The zero-order chi connectivity index (χ0) is 22.5. The molecule has 1 aromatic heterocycles. The van der Waals surface area contributed by atoms with Crippen LogP contribution in [-0.2, 0) is 4.79 Å². The smallest absolute Gasteiger partial charge is 0.219 e. The molecule has 0 radical (unpaired) electrons. The number of H-pyrrole nitrogens is 1. The lowest BCUT2D eigenvalue weighted by molar-refractivity contribution is -0.117. The molecule has 32 heavy (non-hydrogen) atoms. The maximum atomic E-state index is 13.7. The number of aromatic nitrogens is 1. The van der Waals surface area contributed by atoms with Crippen LogP contribution in [0.15, 0.2) is 78.9 Å². The summed E-state index contributed by atoms with van der Waals surface area (Å²) in [7, 11) is 1.60. The third-order valence-corrected chi connectivity index (χ3v) is 5.45. The highest BCUT2D eigenvalue weighted by molar-refractivity contribution is 6.14. The van der Waals surface area contributed by atoms with Crippen LogP contribution in [0.3, 0.4) is 0 Å². The van der Waals surface area contributed by atoms with Crippen molar-refractivity contribution >= 4 is 28.3 Å². The molecule has 1 heterocycles. The van der Waals surface area contributed by atoms with E-state index in [9.17, 15) is 9.59 Å². The molecule has 162 valence electrons. The number of anilines is 1. The molecule has 0 aliphatic carbocycles. The van der Waals surface area contributed by atoms with E-state index in [4.69, 9.17) is 10.5 Å². The van der Waals surface area contributed by atoms with Crippen molar-refractivity contribution in [2.75, 3.05) is 25.1 Å². The third kappa shape index (κ3) is 4.49. The number of Topliss-reactive ketones (excluding diaryl/α,β-unsaturated/α-hetero) is 1. The summed E-state index contributed by atoms with van der Waals surface area (Å²) >= 11 is 0. The number of ether oxygens (including phenoxy) is 1. The Hall–Kier alpha value is -4.06. The van der Waals surface area contributed by atoms with Crippen molar-refractivity contribution in [1.82, 2.24) is 4.98 Å². The molecule has 0 unspecified atom stereocenters. The van der Waals surface area contributed by atoms with Gasteiger partial charge in [0.05, 0.1) is 24.9 Å². The maximum Gasteiger partial charge on any atom is 0.219 e. The molecular weight excluding hydrogens is 402 g/mol. The van der Waals surface area contributed by atoms with E-state index in [0.717, 1.165) is 33.6 Å². The molecule has 0 spiro atoms. The molecular formula is C26H25N3O3.